The van der Waals surface area contributed by atoms with Gasteiger partial charge in [-0.25, -0.2) is 0 Å². The van der Waals surface area contributed by atoms with Crippen LogP contribution in [0.4, 0.5) is 0 Å². The van der Waals surface area contributed by atoms with Crippen LogP contribution in [0.5, 0.6) is 0 Å². The minimum absolute atomic E-state index is 0.166. The van der Waals surface area contributed by atoms with E-state index >= 15 is 0 Å². The number of hydrogen-bond acceptors (Lipinski definition) is 4. The third-order valence-electron chi connectivity index (χ3n) is 4.54. The molecule has 19 heavy (non-hydrogen) atoms. The van der Waals surface area contributed by atoms with Gasteiger partial charge in [0, 0.05) is 19.7 Å². The van der Waals surface area contributed by atoms with Crippen molar-refractivity contribution in [2.45, 2.75) is 37.8 Å². The maximum absolute atomic E-state index is 11.9. The van der Waals surface area contributed by atoms with Crippen LogP contribution in [0, 0.1) is 17.8 Å². The van der Waals surface area contributed by atoms with Gasteiger partial charge in [-0.15, -0.1) is 0 Å². The first kappa shape index (κ1) is 14.3. The summed E-state index contributed by atoms with van der Waals surface area (Å²) in [6.45, 7) is 0.281. The lowest BCUT2D eigenvalue weighted by molar-refractivity contribution is -0.144. The molecular formula is C13H22N2O4. The maximum Gasteiger partial charge on any atom is 0.308 e. The second-order valence-electron chi connectivity index (χ2n) is 5.59. The Morgan fingerprint density at radius 1 is 1.42 bits per heavy atom. The summed E-state index contributed by atoms with van der Waals surface area (Å²) in [4.78, 5) is 23.3. The summed E-state index contributed by atoms with van der Waals surface area (Å²) in [5.74, 6) is -0.850. The zero-order valence-corrected chi connectivity index (χ0v) is 11.2. The topological polar surface area (TPSA) is 102 Å². The Kier molecular flexibility index (Phi) is 4.42. The van der Waals surface area contributed by atoms with Crippen LogP contribution in [-0.2, 0) is 14.3 Å². The Morgan fingerprint density at radius 3 is 2.68 bits per heavy atom. The molecule has 5 atom stereocenters. The minimum atomic E-state index is -0.792. The number of methoxy groups -OCH3 is 1. The lowest BCUT2D eigenvalue weighted by atomic mass is 9.84. The standard InChI is InChI=1S/C13H22N2O4/c1-19-9(6-14)5-10(16)15-12-8-3-2-7(4-8)11(12)13(17)18/h7-9,11-12H,2-6,14H2,1H3,(H,15,16)(H,17,18). The molecule has 0 aromatic heterocycles. The van der Waals surface area contributed by atoms with Gasteiger partial charge in [-0.2, -0.15) is 0 Å². The monoisotopic (exact) mass is 270 g/mol. The van der Waals surface area contributed by atoms with Gasteiger partial charge in [0.2, 0.25) is 5.91 Å². The summed E-state index contributed by atoms with van der Waals surface area (Å²) in [7, 11) is 1.52. The maximum atomic E-state index is 11.9. The van der Waals surface area contributed by atoms with Crippen molar-refractivity contribution in [3.63, 3.8) is 0 Å². The highest BCUT2D eigenvalue weighted by Gasteiger charge is 2.51. The van der Waals surface area contributed by atoms with Crippen LogP contribution in [0.15, 0.2) is 0 Å². The van der Waals surface area contributed by atoms with Crippen molar-refractivity contribution in [2.24, 2.45) is 23.5 Å². The first-order chi connectivity index (χ1) is 9.06. The Hall–Kier alpha value is -1.14. The third kappa shape index (κ3) is 2.90. The fourth-order valence-electron chi connectivity index (χ4n) is 3.57. The summed E-state index contributed by atoms with van der Waals surface area (Å²) in [6.07, 6.45) is 2.79. The van der Waals surface area contributed by atoms with Crippen molar-refractivity contribution in [2.75, 3.05) is 13.7 Å². The molecule has 6 heteroatoms. The van der Waals surface area contributed by atoms with Gasteiger partial charge in [-0.05, 0) is 31.1 Å². The molecular weight excluding hydrogens is 248 g/mol. The summed E-state index contributed by atoms with van der Waals surface area (Å²) >= 11 is 0. The van der Waals surface area contributed by atoms with E-state index in [1.54, 1.807) is 0 Å². The first-order valence-corrected chi connectivity index (χ1v) is 6.81. The van der Waals surface area contributed by atoms with Gasteiger partial charge in [-0.1, -0.05) is 0 Å². The summed E-state index contributed by atoms with van der Waals surface area (Å²) in [6, 6.07) is -0.223. The molecule has 0 heterocycles. The van der Waals surface area contributed by atoms with E-state index < -0.39 is 11.9 Å². The number of ether oxygens (including phenoxy) is 1. The van der Waals surface area contributed by atoms with E-state index in [-0.39, 0.29) is 36.9 Å². The first-order valence-electron chi connectivity index (χ1n) is 6.81. The fraction of sp³-hybridized carbons (Fsp3) is 0.846. The predicted molar refractivity (Wildman–Crippen MR) is 68.4 cm³/mol. The van der Waals surface area contributed by atoms with E-state index in [4.69, 9.17) is 10.5 Å². The minimum Gasteiger partial charge on any atom is -0.481 e. The lowest BCUT2D eigenvalue weighted by Gasteiger charge is -2.29. The highest BCUT2D eigenvalue weighted by Crippen LogP contribution is 2.48. The summed E-state index contributed by atoms with van der Waals surface area (Å²) in [5.41, 5.74) is 5.48. The molecule has 0 saturated heterocycles. The Labute approximate surface area is 112 Å². The van der Waals surface area contributed by atoms with Crippen molar-refractivity contribution < 1.29 is 19.4 Å². The van der Waals surface area contributed by atoms with E-state index in [9.17, 15) is 14.7 Å². The Balaban J connectivity index is 1.94. The zero-order valence-electron chi connectivity index (χ0n) is 11.2. The molecule has 2 aliphatic carbocycles. The Morgan fingerprint density at radius 2 is 2.11 bits per heavy atom. The molecule has 0 radical (unpaired) electrons. The fourth-order valence-corrected chi connectivity index (χ4v) is 3.57. The van der Waals surface area contributed by atoms with E-state index in [0.717, 1.165) is 19.3 Å². The smallest absolute Gasteiger partial charge is 0.308 e. The van der Waals surface area contributed by atoms with E-state index in [1.807, 2.05) is 0 Å². The van der Waals surface area contributed by atoms with Crippen LogP contribution < -0.4 is 11.1 Å². The average Bonchev–Trinajstić information content (AvgIpc) is 2.96. The third-order valence-corrected chi connectivity index (χ3v) is 4.54. The largest absolute Gasteiger partial charge is 0.481 e. The van der Waals surface area contributed by atoms with Gasteiger partial charge < -0.3 is 20.9 Å². The number of hydrogen-bond donors (Lipinski definition) is 3. The van der Waals surface area contributed by atoms with Gasteiger partial charge in [0.15, 0.2) is 0 Å². The van der Waals surface area contributed by atoms with Gasteiger partial charge >= 0.3 is 5.97 Å². The zero-order chi connectivity index (χ0) is 14.0. The molecule has 0 aromatic rings. The summed E-state index contributed by atoms with van der Waals surface area (Å²) in [5, 5.41) is 12.2. The van der Waals surface area contributed by atoms with Crippen LogP contribution in [0.2, 0.25) is 0 Å². The quantitative estimate of drug-likeness (QED) is 0.629. The van der Waals surface area contributed by atoms with Crippen molar-refractivity contribution in [1.82, 2.24) is 5.32 Å². The van der Waals surface area contributed by atoms with Crippen molar-refractivity contribution in [3.05, 3.63) is 0 Å². The van der Waals surface area contributed by atoms with Gasteiger partial charge in [0.25, 0.3) is 0 Å². The number of fused-ring (bicyclic) bond motifs is 2. The van der Waals surface area contributed by atoms with Crippen molar-refractivity contribution in [3.8, 4) is 0 Å². The average molecular weight is 270 g/mol. The van der Waals surface area contributed by atoms with Crippen LogP contribution in [-0.4, -0.2) is 42.8 Å². The number of carbonyl (C=O) groups excluding carboxylic acids is 1. The molecule has 1 amide bonds. The highest BCUT2D eigenvalue weighted by molar-refractivity contribution is 5.79. The highest BCUT2D eigenvalue weighted by atomic mass is 16.5. The molecule has 2 saturated carbocycles. The number of carboxylic acids is 1. The molecule has 0 aliphatic heterocycles. The number of amides is 1. The van der Waals surface area contributed by atoms with Crippen LogP contribution in [0.3, 0.4) is 0 Å². The van der Waals surface area contributed by atoms with E-state index in [2.05, 4.69) is 5.32 Å². The summed E-state index contributed by atoms with van der Waals surface area (Å²) < 4.78 is 5.07. The second-order valence-corrected chi connectivity index (χ2v) is 5.59. The van der Waals surface area contributed by atoms with Crippen molar-refractivity contribution >= 4 is 11.9 Å². The van der Waals surface area contributed by atoms with E-state index in [1.165, 1.54) is 7.11 Å². The molecule has 108 valence electrons. The molecule has 2 bridgehead atoms. The predicted octanol–water partition coefficient (Wildman–Crippen LogP) is -0.0343. The number of nitrogens with one attached hydrogen (secondary N) is 1. The molecule has 4 N–H and O–H groups in total. The Bertz CT molecular complexity index is 357. The number of rotatable bonds is 6. The lowest BCUT2D eigenvalue weighted by Crippen LogP contribution is -2.47. The normalized spacial score (nSPS) is 34.2. The number of carbonyl (C=O) groups is 2. The van der Waals surface area contributed by atoms with Gasteiger partial charge in [0.05, 0.1) is 18.4 Å². The van der Waals surface area contributed by atoms with Crippen molar-refractivity contribution in [1.29, 1.82) is 0 Å². The number of carboxylic acid groups (broad SMARTS) is 1. The van der Waals surface area contributed by atoms with Crippen LogP contribution in [0.1, 0.15) is 25.7 Å². The SMILES string of the molecule is COC(CN)CC(=O)NC1C2CCC(C2)C1C(=O)O. The van der Waals surface area contributed by atoms with Gasteiger partial charge in [0.1, 0.15) is 0 Å². The van der Waals surface area contributed by atoms with Crippen LogP contribution >= 0.6 is 0 Å². The number of aliphatic carboxylic acids is 1. The van der Waals surface area contributed by atoms with Crippen LogP contribution in [0.25, 0.3) is 0 Å². The van der Waals surface area contributed by atoms with Gasteiger partial charge in [-0.3, -0.25) is 9.59 Å². The molecule has 2 rings (SSSR count). The second kappa shape index (κ2) is 5.88. The molecule has 0 spiro atoms. The van der Waals surface area contributed by atoms with E-state index in [0.29, 0.717) is 5.92 Å². The molecule has 0 aromatic carbocycles. The molecule has 6 nitrogen and oxygen atoms in total. The molecule has 5 unspecified atom stereocenters. The molecule has 2 fully saturated rings. The molecule has 2 aliphatic rings. The number of nitrogens with two attached hydrogens (primary N) is 1.